The summed E-state index contributed by atoms with van der Waals surface area (Å²) < 4.78 is 44.3. The Morgan fingerprint density at radius 2 is 1.71 bits per heavy atom. The molecule has 2 aromatic carbocycles. The van der Waals surface area contributed by atoms with Crippen molar-refractivity contribution in [3.05, 3.63) is 65.2 Å². The summed E-state index contributed by atoms with van der Waals surface area (Å²) in [6, 6.07) is 11.3. The van der Waals surface area contributed by atoms with E-state index in [-0.39, 0.29) is 41.4 Å². The fraction of sp³-hybridized carbons (Fsp3) is 0.400. The molecule has 0 saturated carbocycles. The fourth-order valence-corrected chi connectivity index (χ4v) is 4.02. The van der Waals surface area contributed by atoms with Crippen LogP contribution in [0.5, 0.6) is 5.75 Å². The molecule has 3 rings (SSSR count). The molecule has 1 aliphatic heterocycles. The minimum Gasteiger partial charge on any atom is -0.484 e. The van der Waals surface area contributed by atoms with Gasteiger partial charge in [0.2, 0.25) is 0 Å². The molecule has 1 aliphatic rings. The van der Waals surface area contributed by atoms with E-state index in [1.807, 2.05) is 18.7 Å². The van der Waals surface area contributed by atoms with Crippen molar-refractivity contribution < 1.29 is 27.5 Å². The van der Waals surface area contributed by atoms with Gasteiger partial charge >= 0.3 is 6.18 Å². The van der Waals surface area contributed by atoms with Crippen molar-refractivity contribution in [1.82, 2.24) is 10.3 Å². The second-order valence-corrected chi connectivity index (χ2v) is 8.46. The van der Waals surface area contributed by atoms with E-state index in [1.165, 1.54) is 31.2 Å². The number of benzene rings is 2. The summed E-state index contributed by atoms with van der Waals surface area (Å²) in [7, 11) is 0. The summed E-state index contributed by atoms with van der Waals surface area (Å²) in [5.41, 5.74) is 2.33. The quantitative estimate of drug-likeness (QED) is 0.471. The molecule has 0 aromatic heterocycles. The van der Waals surface area contributed by atoms with Gasteiger partial charge in [-0.25, -0.2) is 5.43 Å². The molecule has 1 heterocycles. The second-order valence-electron chi connectivity index (χ2n) is 8.46. The molecule has 2 unspecified atom stereocenters. The van der Waals surface area contributed by atoms with Crippen molar-refractivity contribution in [3.63, 3.8) is 0 Å². The van der Waals surface area contributed by atoms with Crippen LogP contribution in [-0.2, 0) is 11.0 Å². The number of hydrogen-bond donors (Lipinski definition) is 1. The van der Waals surface area contributed by atoms with Gasteiger partial charge in [0.1, 0.15) is 5.75 Å². The van der Waals surface area contributed by atoms with Gasteiger partial charge in [-0.05, 0) is 82.0 Å². The molecule has 182 valence electrons. The number of carbonyl (C=O) groups is 2. The highest BCUT2D eigenvalue weighted by molar-refractivity contribution is 6.01. The lowest BCUT2D eigenvalue weighted by atomic mass is 9.97. The molecular weight excluding hydrogens is 447 g/mol. The molecule has 6 nitrogen and oxygen atoms in total. The van der Waals surface area contributed by atoms with E-state index in [2.05, 4.69) is 10.5 Å². The number of alkyl halides is 3. The summed E-state index contributed by atoms with van der Waals surface area (Å²) in [6.07, 6.45) is -1.39. The van der Waals surface area contributed by atoms with Crippen LogP contribution >= 0.6 is 0 Å². The number of amides is 2. The molecule has 1 fully saturated rings. The van der Waals surface area contributed by atoms with Crippen molar-refractivity contribution in [2.45, 2.75) is 58.3 Å². The van der Waals surface area contributed by atoms with Crippen LogP contribution in [-0.4, -0.2) is 41.1 Å². The SMILES string of the molecule is CC(=NNC(=O)c1ccc(OCC(=O)N2C(C)CCCC2C)cc1)c1cccc(C(F)(F)F)c1. The molecule has 0 aliphatic carbocycles. The lowest BCUT2D eigenvalue weighted by molar-refractivity contribution is -0.139. The number of nitrogens with zero attached hydrogens (tertiary/aromatic N) is 2. The zero-order valence-electron chi connectivity index (χ0n) is 19.4. The number of carbonyl (C=O) groups excluding carboxylic acids is 2. The van der Waals surface area contributed by atoms with Crippen LogP contribution in [0.2, 0.25) is 0 Å². The topological polar surface area (TPSA) is 71.0 Å². The Balaban J connectivity index is 1.56. The van der Waals surface area contributed by atoms with E-state index in [4.69, 9.17) is 4.74 Å². The van der Waals surface area contributed by atoms with Crippen LogP contribution in [0, 0.1) is 0 Å². The Morgan fingerprint density at radius 1 is 1.06 bits per heavy atom. The second kappa shape index (κ2) is 10.7. The maximum Gasteiger partial charge on any atom is 0.416 e. The van der Waals surface area contributed by atoms with Crippen molar-refractivity contribution >= 4 is 17.5 Å². The third kappa shape index (κ3) is 6.36. The van der Waals surface area contributed by atoms with Gasteiger partial charge in [-0.1, -0.05) is 12.1 Å². The molecule has 2 amide bonds. The smallest absolute Gasteiger partial charge is 0.416 e. The summed E-state index contributed by atoms with van der Waals surface area (Å²) in [6.45, 7) is 5.50. The Hall–Kier alpha value is -3.36. The molecule has 0 bridgehead atoms. The number of nitrogens with one attached hydrogen (secondary N) is 1. The van der Waals surface area contributed by atoms with Crippen LogP contribution in [0.4, 0.5) is 13.2 Å². The first-order valence-corrected chi connectivity index (χ1v) is 11.1. The summed E-state index contributed by atoms with van der Waals surface area (Å²) in [5, 5.41) is 3.91. The molecule has 9 heteroatoms. The van der Waals surface area contributed by atoms with E-state index < -0.39 is 17.6 Å². The van der Waals surface area contributed by atoms with Gasteiger partial charge in [0.25, 0.3) is 11.8 Å². The third-order valence-electron chi connectivity index (χ3n) is 5.89. The predicted octanol–water partition coefficient (Wildman–Crippen LogP) is 5.03. The van der Waals surface area contributed by atoms with Gasteiger partial charge in [-0.3, -0.25) is 9.59 Å². The first-order chi connectivity index (χ1) is 16.1. The minimum atomic E-state index is -4.46. The maximum atomic E-state index is 12.9. The highest BCUT2D eigenvalue weighted by Gasteiger charge is 2.31. The molecule has 1 N–H and O–H groups in total. The Bertz CT molecular complexity index is 1040. The zero-order chi connectivity index (χ0) is 24.9. The lowest BCUT2D eigenvalue weighted by Crippen LogP contribution is -2.49. The van der Waals surface area contributed by atoms with Gasteiger partial charge in [-0.2, -0.15) is 18.3 Å². The van der Waals surface area contributed by atoms with Crippen molar-refractivity contribution in [1.29, 1.82) is 0 Å². The molecular formula is C25H28F3N3O3. The Kier molecular flexibility index (Phi) is 7.96. The van der Waals surface area contributed by atoms with Crippen LogP contribution < -0.4 is 10.2 Å². The van der Waals surface area contributed by atoms with Gasteiger partial charge in [0.15, 0.2) is 6.61 Å². The van der Waals surface area contributed by atoms with Crippen molar-refractivity contribution in [2.24, 2.45) is 5.10 Å². The fourth-order valence-electron chi connectivity index (χ4n) is 4.02. The number of hydrogen-bond acceptors (Lipinski definition) is 4. The minimum absolute atomic E-state index is 0.0686. The number of halogens is 3. The van der Waals surface area contributed by atoms with E-state index in [9.17, 15) is 22.8 Å². The van der Waals surface area contributed by atoms with E-state index in [0.29, 0.717) is 5.75 Å². The zero-order valence-corrected chi connectivity index (χ0v) is 19.4. The Morgan fingerprint density at radius 3 is 2.32 bits per heavy atom. The molecule has 1 saturated heterocycles. The number of piperidine rings is 1. The first-order valence-electron chi connectivity index (χ1n) is 11.1. The third-order valence-corrected chi connectivity index (χ3v) is 5.89. The van der Waals surface area contributed by atoms with Gasteiger partial charge < -0.3 is 9.64 Å². The summed E-state index contributed by atoms with van der Waals surface area (Å²) in [4.78, 5) is 26.8. The largest absolute Gasteiger partial charge is 0.484 e. The summed E-state index contributed by atoms with van der Waals surface area (Å²) >= 11 is 0. The monoisotopic (exact) mass is 475 g/mol. The van der Waals surface area contributed by atoms with E-state index >= 15 is 0 Å². The predicted molar refractivity (Wildman–Crippen MR) is 123 cm³/mol. The summed E-state index contributed by atoms with van der Waals surface area (Å²) in [5.74, 6) is -0.142. The van der Waals surface area contributed by atoms with Crippen LogP contribution in [0.15, 0.2) is 53.6 Å². The van der Waals surface area contributed by atoms with Crippen LogP contribution in [0.3, 0.4) is 0 Å². The van der Waals surface area contributed by atoms with Crippen LogP contribution in [0.25, 0.3) is 0 Å². The standard InChI is InChI=1S/C25H28F3N3O3/c1-16-6-4-7-17(2)31(16)23(32)15-34-22-12-10-19(11-13-22)24(33)30-29-18(3)20-8-5-9-21(14-20)25(26,27)28/h5,8-14,16-17H,4,6-7,15H2,1-3H3,(H,30,33). The van der Waals surface area contributed by atoms with Crippen molar-refractivity contribution in [3.8, 4) is 5.75 Å². The molecule has 0 radical (unpaired) electrons. The lowest BCUT2D eigenvalue weighted by Gasteiger charge is -2.38. The molecule has 2 aromatic rings. The molecule has 2 atom stereocenters. The highest BCUT2D eigenvalue weighted by Crippen LogP contribution is 2.29. The average Bonchev–Trinajstić information content (AvgIpc) is 2.80. The number of likely N-dealkylation sites (tertiary alicyclic amines) is 1. The molecule has 34 heavy (non-hydrogen) atoms. The first kappa shape index (κ1) is 25.3. The average molecular weight is 476 g/mol. The van der Waals surface area contributed by atoms with Gasteiger partial charge in [-0.15, -0.1) is 0 Å². The molecule has 0 spiro atoms. The van der Waals surface area contributed by atoms with Gasteiger partial charge in [0.05, 0.1) is 11.3 Å². The van der Waals surface area contributed by atoms with E-state index in [1.54, 1.807) is 12.1 Å². The van der Waals surface area contributed by atoms with E-state index in [0.717, 1.165) is 31.4 Å². The normalized spacial score (nSPS) is 19.0. The number of rotatable bonds is 6. The van der Waals surface area contributed by atoms with Gasteiger partial charge in [0, 0.05) is 17.6 Å². The maximum absolute atomic E-state index is 12.9. The van der Waals surface area contributed by atoms with Crippen LogP contribution in [0.1, 0.15) is 61.5 Å². The number of ether oxygens (including phenoxy) is 1. The highest BCUT2D eigenvalue weighted by atomic mass is 19.4. The number of hydrazone groups is 1. The Labute approximate surface area is 196 Å². The van der Waals surface area contributed by atoms with Crippen molar-refractivity contribution in [2.75, 3.05) is 6.61 Å².